The van der Waals surface area contributed by atoms with E-state index in [2.05, 4.69) is 10.6 Å². The monoisotopic (exact) mass is 335 g/mol. The first-order chi connectivity index (χ1) is 12.1. The molecule has 2 aliphatic rings. The van der Waals surface area contributed by atoms with Crippen molar-refractivity contribution in [3.8, 4) is 0 Å². The van der Waals surface area contributed by atoms with Crippen molar-refractivity contribution in [2.24, 2.45) is 0 Å². The van der Waals surface area contributed by atoms with E-state index < -0.39 is 6.04 Å². The number of nitrogens with one attached hydrogen (secondary N) is 2. The van der Waals surface area contributed by atoms with Gasteiger partial charge in [-0.3, -0.25) is 14.4 Å². The molecule has 0 spiro atoms. The predicted octanol–water partition coefficient (Wildman–Crippen LogP) is 1.65. The molecule has 126 valence electrons. The third kappa shape index (κ3) is 2.76. The number of amides is 3. The molecule has 0 aliphatic carbocycles. The van der Waals surface area contributed by atoms with Gasteiger partial charge in [-0.15, -0.1) is 0 Å². The van der Waals surface area contributed by atoms with Crippen LogP contribution in [0.4, 0.5) is 5.69 Å². The Labute approximate surface area is 144 Å². The molecule has 2 N–H and O–H groups in total. The maximum absolute atomic E-state index is 12.8. The normalized spacial score (nSPS) is 21.8. The molecule has 0 radical (unpaired) electrons. The fraction of sp³-hybridized carbons (Fsp3) is 0.211. The van der Waals surface area contributed by atoms with Crippen molar-refractivity contribution in [1.82, 2.24) is 10.2 Å². The molecule has 3 amide bonds. The summed E-state index contributed by atoms with van der Waals surface area (Å²) in [7, 11) is 0. The highest BCUT2D eigenvalue weighted by Crippen LogP contribution is 2.28. The molecule has 2 aromatic rings. The molecule has 0 saturated carbocycles. The Kier molecular flexibility index (Phi) is 3.72. The lowest BCUT2D eigenvalue weighted by Gasteiger charge is -2.20. The van der Waals surface area contributed by atoms with Gasteiger partial charge in [0.05, 0.1) is 11.3 Å². The molecular weight excluding hydrogens is 318 g/mol. The molecule has 0 aromatic heterocycles. The number of hydrogen-bond donors (Lipinski definition) is 2. The van der Waals surface area contributed by atoms with Crippen LogP contribution < -0.4 is 10.6 Å². The number of para-hydroxylation sites is 1. The highest BCUT2D eigenvalue weighted by atomic mass is 16.2. The van der Waals surface area contributed by atoms with Gasteiger partial charge in [-0.1, -0.05) is 30.3 Å². The minimum absolute atomic E-state index is 0.185. The van der Waals surface area contributed by atoms with Crippen molar-refractivity contribution in [1.29, 1.82) is 0 Å². The van der Waals surface area contributed by atoms with Gasteiger partial charge in [-0.05, 0) is 30.7 Å². The summed E-state index contributed by atoms with van der Waals surface area (Å²) < 4.78 is 0. The van der Waals surface area contributed by atoms with Gasteiger partial charge < -0.3 is 15.5 Å². The van der Waals surface area contributed by atoms with Crippen LogP contribution in [0.2, 0.25) is 0 Å². The second kappa shape index (κ2) is 6.05. The lowest BCUT2D eigenvalue weighted by atomic mass is 10.1. The van der Waals surface area contributed by atoms with Gasteiger partial charge in [0.1, 0.15) is 6.04 Å². The average Bonchev–Trinajstić information content (AvgIpc) is 3.02. The van der Waals surface area contributed by atoms with Crippen molar-refractivity contribution in [2.45, 2.75) is 18.5 Å². The highest BCUT2D eigenvalue weighted by molar-refractivity contribution is 6.10. The number of fused-ring (bicyclic) bond motifs is 2. The Bertz CT molecular complexity index is 850. The Morgan fingerprint density at radius 2 is 1.76 bits per heavy atom. The summed E-state index contributed by atoms with van der Waals surface area (Å²) in [5.74, 6) is -0.596. The number of carbonyl (C=O) groups excluding carboxylic acids is 3. The first-order valence-corrected chi connectivity index (χ1v) is 8.20. The highest BCUT2D eigenvalue weighted by Gasteiger charge is 2.43. The van der Waals surface area contributed by atoms with E-state index in [1.54, 1.807) is 53.4 Å². The standard InChI is InChI=1S/C19H17N3O3/c23-17(12-6-2-1-3-7-12)20-13-10-16-18(24)21-15-9-5-4-8-14(15)19(25)22(16)11-13/h1-9,13,16H,10-11H2,(H,20,23)(H,21,24). The molecule has 0 bridgehead atoms. The molecule has 1 fully saturated rings. The van der Waals surface area contributed by atoms with Gasteiger partial charge in [0.25, 0.3) is 11.8 Å². The average molecular weight is 335 g/mol. The van der Waals surface area contributed by atoms with Crippen molar-refractivity contribution in [3.63, 3.8) is 0 Å². The van der Waals surface area contributed by atoms with Crippen molar-refractivity contribution in [3.05, 3.63) is 65.7 Å². The molecule has 2 unspecified atom stereocenters. The second-order valence-electron chi connectivity index (χ2n) is 6.28. The van der Waals surface area contributed by atoms with Crippen molar-refractivity contribution in [2.75, 3.05) is 11.9 Å². The van der Waals surface area contributed by atoms with E-state index >= 15 is 0 Å². The van der Waals surface area contributed by atoms with Crippen LogP contribution in [0, 0.1) is 0 Å². The Balaban J connectivity index is 1.54. The molecule has 4 rings (SSSR count). The first kappa shape index (κ1) is 15.4. The van der Waals surface area contributed by atoms with Crippen molar-refractivity contribution < 1.29 is 14.4 Å². The fourth-order valence-corrected chi connectivity index (χ4v) is 3.42. The van der Waals surface area contributed by atoms with Gasteiger partial charge in [0, 0.05) is 18.2 Å². The third-order valence-electron chi connectivity index (χ3n) is 4.65. The zero-order valence-electron chi connectivity index (χ0n) is 13.4. The maximum Gasteiger partial charge on any atom is 0.256 e. The van der Waals surface area contributed by atoms with Gasteiger partial charge >= 0.3 is 0 Å². The van der Waals surface area contributed by atoms with Crippen LogP contribution in [-0.4, -0.2) is 41.2 Å². The number of hydrogen-bond acceptors (Lipinski definition) is 3. The van der Waals surface area contributed by atoms with Crippen LogP contribution in [0.1, 0.15) is 27.1 Å². The summed E-state index contributed by atoms with van der Waals surface area (Å²) >= 11 is 0. The Hall–Kier alpha value is -3.15. The minimum atomic E-state index is -0.569. The van der Waals surface area contributed by atoms with Crippen LogP contribution >= 0.6 is 0 Å². The summed E-state index contributed by atoms with van der Waals surface area (Å²) in [6.07, 6.45) is 0.407. The fourth-order valence-electron chi connectivity index (χ4n) is 3.42. The second-order valence-corrected chi connectivity index (χ2v) is 6.28. The molecule has 6 heteroatoms. The molecular formula is C19H17N3O3. The summed E-state index contributed by atoms with van der Waals surface area (Å²) in [6, 6.07) is 15.1. The molecule has 2 aliphatic heterocycles. The van der Waals surface area contributed by atoms with Crippen LogP contribution in [0.15, 0.2) is 54.6 Å². The number of nitrogens with zero attached hydrogens (tertiary/aromatic N) is 1. The maximum atomic E-state index is 12.8. The molecule has 25 heavy (non-hydrogen) atoms. The quantitative estimate of drug-likeness (QED) is 0.876. The van der Waals surface area contributed by atoms with Gasteiger partial charge in [0.2, 0.25) is 5.91 Å². The molecule has 1 saturated heterocycles. The number of anilines is 1. The van der Waals surface area contributed by atoms with E-state index in [0.29, 0.717) is 29.8 Å². The SMILES string of the molecule is O=C(NC1CC2C(=O)Nc3ccccc3C(=O)N2C1)c1ccccc1. The van der Waals surface area contributed by atoms with E-state index in [0.717, 1.165) is 0 Å². The summed E-state index contributed by atoms with van der Waals surface area (Å²) in [5, 5.41) is 5.74. The van der Waals surface area contributed by atoms with Crippen LogP contribution in [0.5, 0.6) is 0 Å². The van der Waals surface area contributed by atoms with E-state index in [-0.39, 0.29) is 23.8 Å². The predicted molar refractivity (Wildman–Crippen MR) is 92.2 cm³/mol. The lowest BCUT2D eigenvalue weighted by Crippen LogP contribution is -2.41. The van der Waals surface area contributed by atoms with Gasteiger partial charge in [0.15, 0.2) is 0 Å². The number of benzene rings is 2. The van der Waals surface area contributed by atoms with E-state index in [1.807, 2.05) is 6.07 Å². The van der Waals surface area contributed by atoms with Gasteiger partial charge in [-0.25, -0.2) is 0 Å². The Morgan fingerprint density at radius 1 is 1.04 bits per heavy atom. The van der Waals surface area contributed by atoms with E-state index in [1.165, 1.54) is 0 Å². The Morgan fingerprint density at radius 3 is 2.56 bits per heavy atom. The summed E-state index contributed by atoms with van der Waals surface area (Å²) in [6.45, 7) is 0.323. The number of rotatable bonds is 2. The van der Waals surface area contributed by atoms with Crippen LogP contribution in [-0.2, 0) is 4.79 Å². The molecule has 2 atom stereocenters. The molecule has 6 nitrogen and oxygen atoms in total. The smallest absolute Gasteiger partial charge is 0.256 e. The summed E-state index contributed by atoms with van der Waals surface area (Å²) in [5.41, 5.74) is 1.58. The van der Waals surface area contributed by atoms with Crippen LogP contribution in [0.3, 0.4) is 0 Å². The third-order valence-corrected chi connectivity index (χ3v) is 4.65. The summed E-state index contributed by atoms with van der Waals surface area (Å²) in [4.78, 5) is 39.1. The number of carbonyl (C=O) groups is 3. The minimum Gasteiger partial charge on any atom is -0.347 e. The van der Waals surface area contributed by atoms with Gasteiger partial charge in [-0.2, -0.15) is 0 Å². The first-order valence-electron chi connectivity index (χ1n) is 8.20. The zero-order chi connectivity index (χ0) is 17.4. The zero-order valence-corrected chi connectivity index (χ0v) is 13.4. The lowest BCUT2D eigenvalue weighted by molar-refractivity contribution is -0.119. The molecule has 2 heterocycles. The van der Waals surface area contributed by atoms with Crippen molar-refractivity contribution >= 4 is 23.4 Å². The van der Waals surface area contributed by atoms with E-state index in [4.69, 9.17) is 0 Å². The molecule has 2 aromatic carbocycles. The largest absolute Gasteiger partial charge is 0.347 e. The van der Waals surface area contributed by atoms with E-state index in [9.17, 15) is 14.4 Å². The topological polar surface area (TPSA) is 78.5 Å². The van der Waals surface area contributed by atoms with Crippen LogP contribution in [0.25, 0.3) is 0 Å².